The molecule has 0 aliphatic heterocycles. The smallest absolute Gasteiger partial charge is 0.160 e. The zero-order chi connectivity index (χ0) is 15.8. The summed E-state index contributed by atoms with van der Waals surface area (Å²) in [5, 5.41) is 9.02. The van der Waals surface area contributed by atoms with Crippen molar-refractivity contribution in [2.75, 3.05) is 11.9 Å². The molecule has 0 amide bonds. The lowest BCUT2D eigenvalue weighted by Gasteiger charge is -2.18. The molecule has 23 heavy (non-hydrogen) atoms. The molecule has 0 N–H and O–H groups in total. The number of halogens is 1. The first-order valence-electron chi connectivity index (χ1n) is 7.12. The van der Waals surface area contributed by atoms with Crippen molar-refractivity contribution in [3.05, 3.63) is 60.6 Å². The van der Waals surface area contributed by atoms with E-state index in [1.165, 1.54) is 18.5 Å². The summed E-state index contributed by atoms with van der Waals surface area (Å²) in [5.41, 5.74) is 1.49. The normalized spacial score (nSPS) is 11.2. The van der Waals surface area contributed by atoms with Crippen LogP contribution in [0.15, 0.2) is 48.9 Å². The van der Waals surface area contributed by atoms with Crippen LogP contribution >= 0.6 is 0 Å². The molecule has 0 unspecified atom stereocenters. The van der Waals surface area contributed by atoms with Gasteiger partial charge in [-0.3, -0.25) is 4.40 Å². The Balaban J connectivity index is 1.75. The van der Waals surface area contributed by atoms with Crippen LogP contribution in [0.2, 0.25) is 0 Å². The Bertz CT molecular complexity index is 996. The summed E-state index contributed by atoms with van der Waals surface area (Å²) in [6.07, 6.45) is 3.39. The number of aromatic nitrogens is 5. The van der Waals surface area contributed by atoms with Gasteiger partial charge in [0, 0.05) is 18.6 Å². The van der Waals surface area contributed by atoms with Gasteiger partial charge in [-0.25, -0.2) is 14.4 Å². The highest BCUT2D eigenvalue weighted by Crippen LogP contribution is 2.23. The van der Waals surface area contributed by atoms with Crippen LogP contribution in [0.4, 0.5) is 10.2 Å². The molecule has 0 aliphatic rings. The number of pyridine rings is 1. The van der Waals surface area contributed by atoms with E-state index in [-0.39, 0.29) is 5.82 Å². The molecule has 0 saturated heterocycles. The maximum Gasteiger partial charge on any atom is 0.160 e. The van der Waals surface area contributed by atoms with Crippen molar-refractivity contribution in [2.24, 2.45) is 0 Å². The van der Waals surface area contributed by atoms with Crippen LogP contribution in [-0.2, 0) is 6.54 Å². The molecule has 4 aromatic rings. The molecule has 1 aromatic carbocycles. The van der Waals surface area contributed by atoms with Gasteiger partial charge < -0.3 is 4.90 Å². The second kappa shape index (κ2) is 5.28. The Labute approximate surface area is 131 Å². The van der Waals surface area contributed by atoms with Crippen LogP contribution in [0.1, 0.15) is 5.82 Å². The van der Waals surface area contributed by atoms with Crippen LogP contribution < -0.4 is 4.90 Å². The Kier molecular flexibility index (Phi) is 3.11. The summed E-state index contributed by atoms with van der Waals surface area (Å²) in [5.74, 6) is 1.13. The summed E-state index contributed by atoms with van der Waals surface area (Å²) in [7, 11) is 1.89. The van der Waals surface area contributed by atoms with E-state index in [9.17, 15) is 4.39 Å². The molecule has 0 spiro atoms. The molecule has 3 heterocycles. The first kappa shape index (κ1) is 13.6. The highest BCUT2D eigenvalue weighted by molar-refractivity contribution is 5.89. The molecule has 6 nitrogen and oxygen atoms in total. The first-order chi connectivity index (χ1) is 11.2. The van der Waals surface area contributed by atoms with E-state index in [2.05, 4.69) is 20.2 Å². The van der Waals surface area contributed by atoms with Gasteiger partial charge in [-0.05, 0) is 30.3 Å². The molecule has 0 fully saturated rings. The Morgan fingerprint density at radius 3 is 2.96 bits per heavy atom. The van der Waals surface area contributed by atoms with Crippen LogP contribution in [0, 0.1) is 5.82 Å². The minimum absolute atomic E-state index is 0.310. The van der Waals surface area contributed by atoms with Crippen molar-refractivity contribution in [1.82, 2.24) is 24.6 Å². The van der Waals surface area contributed by atoms with E-state index in [1.54, 1.807) is 6.07 Å². The third kappa shape index (κ3) is 2.36. The summed E-state index contributed by atoms with van der Waals surface area (Å²) < 4.78 is 15.5. The predicted molar refractivity (Wildman–Crippen MR) is 84.6 cm³/mol. The maximum absolute atomic E-state index is 13.6. The summed E-state index contributed by atoms with van der Waals surface area (Å²) >= 11 is 0. The lowest BCUT2D eigenvalue weighted by atomic mass is 10.2. The maximum atomic E-state index is 13.6. The second-order valence-corrected chi connectivity index (χ2v) is 5.26. The molecule has 4 rings (SSSR count). The van der Waals surface area contributed by atoms with E-state index >= 15 is 0 Å². The number of hydrogen-bond donors (Lipinski definition) is 0. The monoisotopic (exact) mass is 308 g/mol. The quantitative estimate of drug-likeness (QED) is 0.582. The van der Waals surface area contributed by atoms with Crippen LogP contribution in [0.25, 0.3) is 16.6 Å². The highest BCUT2D eigenvalue weighted by Gasteiger charge is 2.13. The molecule has 7 heteroatoms. The van der Waals surface area contributed by atoms with Crippen molar-refractivity contribution in [2.45, 2.75) is 6.54 Å². The number of fused-ring (bicyclic) bond motifs is 2. The van der Waals surface area contributed by atoms with Crippen molar-refractivity contribution in [3.8, 4) is 0 Å². The van der Waals surface area contributed by atoms with Crippen molar-refractivity contribution in [1.29, 1.82) is 0 Å². The largest absolute Gasteiger partial charge is 0.351 e. The Morgan fingerprint density at radius 2 is 2.04 bits per heavy atom. The average molecular weight is 308 g/mol. The highest BCUT2D eigenvalue weighted by atomic mass is 19.1. The van der Waals surface area contributed by atoms with Crippen LogP contribution in [0.5, 0.6) is 0 Å². The van der Waals surface area contributed by atoms with Gasteiger partial charge in [0.05, 0.1) is 12.1 Å². The zero-order valence-corrected chi connectivity index (χ0v) is 12.4. The SMILES string of the molecule is CN(Cc1nnc2ccccn12)c1ncnc2ccc(F)cc12. The zero-order valence-electron chi connectivity index (χ0n) is 12.4. The number of benzene rings is 1. The first-order valence-corrected chi connectivity index (χ1v) is 7.12. The molecule has 3 aromatic heterocycles. The fraction of sp³-hybridized carbons (Fsp3) is 0.125. The molecule has 0 radical (unpaired) electrons. The van der Waals surface area contributed by atoms with E-state index in [1.807, 2.05) is 40.7 Å². The van der Waals surface area contributed by atoms with Gasteiger partial charge >= 0.3 is 0 Å². The topological polar surface area (TPSA) is 59.2 Å². The van der Waals surface area contributed by atoms with Crippen LogP contribution in [-0.4, -0.2) is 31.6 Å². The average Bonchev–Trinajstić information content (AvgIpc) is 2.97. The third-order valence-corrected chi connectivity index (χ3v) is 3.70. The minimum atomic E-state index is -0.310. The summed E-state index contributed by atoms with van der Waals surface area (Å²) in [6, 6.07) is 10.2. The van der Waals surface area contributed by atoms with Gasteiger partial charge in [0.25, 0.3) is 0 Å². The third-order valence-electron chi connectivity index (χ3n) is 3.70. The van der Waals surface area contributed by atoms with Crippen LogP contribution in [0.3, 0.4) is 0 Å². The van der Waals surface area contributed by atoms with Gasteiger partial charge in [0.1, 0.15) is 18.0 Å². The van der Waals surface area contributed by atoms with Gasteiger partial charge in [0.2, 0.25) is 0 Å². The van der Waals surface area contributed by atoms with Crippen molar-refractivity contribution >= 4 is 22.4 Å². The van der Waals surface area contributed by atoms with Crippen molar-refractivity contribution in [3.63, 3.8) is 0 Å². The lowest BCUT2D eigenvalue weighted by Crippen LogP contribution is -2.20. The Morgan fingerprint density at radius 1 is 1.13 bits per heavy atom. The fourth-order valence-electron chi connectivity index (χ4n) is 2.61. The van der Waals surface area contributed by atoms with Gasteiger partial charge in [-0.1, -0.05) is 6.07 Å². The van der Waals surface area contributed by atoms with E-state index in [0.717, 1.165) is 11.5 Å². The summed E-state index contributed by atoms with van der Waals surface area (Å²) in [4.78, 5) is 10.4. The number of nitrogens with zero attached hydrogens (tertiary/aromatic N) is 6. The fourth-order valence-corrected chi connectivity index (χ4v) is 2.61. The number of hydrogen-bond acceptors (Lipinski definition) is 5. The predicted octanol–water partition coefficient (Wildman–Crippen LogP) is 2.45. The van der Waals surface area contributed by atoms with Gasteiger partial charge in [0.15, 0.2) is 11.5 Å². The molecule has 0 atom stereocenters. The van der Waals surface area contributed by atoms with Crippen molar-refractivity contribution < 1.29 is 4.39 Å². The van der Waals surface area contributed by atoms with Gasteiger partial charge in [-0.15, -0.1) is 10.2 Å². The van der Waals surface area contributed by atoms with E-state index in [4.69, 9.17) is 0 Å². The minimum Gasteiger partial charge on any atom is -0.351 e. The molecule has 0 aliphatic carbocycles. The standard InChI is InChI=1S/C16H13FN6/c1-22(9-15-21-20-14-4-2-3-7-23(14)15)16-12-8-11(17)5-6-13(12)18-10-19-16/h2-8,10H,9H2,1H3. The summed E-state index contributed by atoms with van der Waals surface area (Å²) in [6.45, 7) is 0.494. The molecular weight excluding hydrogens is 295 g/mol. The second-order valence-electron chi connectivity index (χ2n) is 5.26. The number of rotatable bonds is 3. The molecular formula is C16H13FN6. The lowest BCUT2D eigenvalue weighted by molar-refractivity contribution is 0.629. The Hall–Kier alpha value is -3.09. The molecule has 114 valence electrons. The number of anilines is 1. The molecule has 0 saturated carbocycles. The van der Waals surface area contributed by atoms with E-state index < -0.39 is 0 Å². The van der Waals surface area contributed by atoms with E-state index in [0.29, 0.717) is 23.3 Å². The van der Waals surface area contributed by atoms with Gasteiger partial charge in [-0.2, -0.15) is 0 Å². The molecule has 0 bridgehead atoms.